The van der Waals surface area contributed by atoms with Crippen LogP contribution in [0, 0.1) is 5.82 Å². The van der Waals surface area contributed by atoms with E-state index in [1.165, 1.54) is 22.5 Å². The van der Waals surface area contributed by atoms with Gasteiger partial charge in [-0.25, -0.2) is 4.39 Å². The fraction of sp³-hybridized carbons (Fsp3) is 0.348. The summed E-state index contributed by atoms with van der Waals surface area (Å²) in [6.07, 6.45) is 3.37. The van der Waals surface area contributed by atoms with Crippen LogP contribution in [0.5, 0.6) is 0 Å². The van der Waals surface area contributed by atoms with Gasteiger partial charge >= 0.3 is 0 Å². The highest BCUT2D eigenvalue weighted by Crippen LogP contribution is 2.23. The minimum Gasteiger partial charge on any atom is -0.366 e. The summed E-state index contributed by atoms with van der Waals surface area (Å²) in [6.45, 7) is 5.70. The van der Waals surface area contributed by atoms with Gasteiger partial charge in [-0.2, -0.15) is 0 Å². The van der Waals surface area contributed by atoms with Crippen molar-refractivity contribution >= 4 is 22.5 Å². The van der Waals surface area contributed by atoms with Gasteiger partial charge in [0.05, 0.1) is 5.69 Å². The molecule has 0 unspecified atom stereocenters. The second-order valence-corrected chi connectivity index (χ2v) is 7.27. The van der Waals surface area contributed by atoms with Crippen molar-refractivity contribution in [2.75, 3.05) is 31.1 Å². The first-order valence-corrected chi connectivity index (χ1v) is 10.0. The standard InChI is InChI=1S/C23H26FN3O/c1-2-25-13-12-19-18(6-5-9-21(19)25)10-11-23(28)27-16-14-26(15-17-27)22-8-4-3-7-20(22)24/h3-9,12-13H,2,10-11,14-17H2,1H3. The quantitative estimate of drug-likeness (QED) is 0.668. The van der Waals surface area contributed by atoms with E-state index in [4.69, 9.17) is 0 Å². The van der Waals surface area contributed by atoms with E-state index in [1.54, 1.807) is 12.1 Å². The summed E-state index contributed by atoms with van der Waals surface area (Å²) < 4.78 is 16.2. The molecule has 2 aromatic carbocycles. The van der Waals surface area contributed by atoms with E-state index in [1.807, 2.05) is 15.9 Å². The third-order valence-electron chi connectivity index (χ3n) is 5.68. The van der Waals surface area contributed by atoms with Crippen molar-refractivity contribution in [3.05, 3.63) is 66.1 Å². The Morgan fingerprint density at radius 3 is 2.54 bits per heavy atom. The largest absolute Gasteiger partial charge is 0.366 e. The Morgan fingerprint density at radius 2 is 1.79 bits per heavy atom. The molecule has 1 aromatic heterocycles. The molecule has 1 aliphatic heterocycles. The number of piperazine rings is 1. The van der Waals surface area contributed by atoms with Crippen molar-refractivity contribution in [2.24, 2.45) is 0 Å². The molecule has 4 rings (SSSR count). The Bertz CT molecular complexity index is 973. The molecule has 0 radical (unpaired) electrons. The van der Waals surface area contributed by atoms with Gasteiger partial charge in [0, 0.05) is 56.2 Å². The Labute approximate surface area is 165 Å². The number of halogens is 1. The second-order valence-electron chi connectivity index (χ2n) is 7.27. The number of para-hydroxylation sites is 1. The van der Waals surface area contributed by atoms with Gasteiger partial charge in [0.2, 0.25) is 5.91 Å². The number of hydrogen-bond acceptors (Lipinski definition) is 2. The number of fused-ring (bicyclic) bond motifs is 1. The van der Waals surface area contributed by atoms with Crippen molar-refractivity contribution < 1.29 is 9.18 Å². The molecule has 28 heavy (non-hydrogen) atoms. The Kier molecular flexibility index (Phi) is 5.33. The molecule has 1 aliphatic rings. The molecule has 0 N–H and O–H groups in total. The van der Waals surface area contributed by atoms with Crippen molar-refractivity contribution in [1.29, 1.82) is 0 Å². The molecule has 4 nitrogen and oxygen atoms in total. The van der Waals surface area contributed by atoms with E-state index in [-0.39, 0.29) is 11.7 Å². The normalized spacial score (nSPS) is 14.6. The molecule has 0 bridgehead atoms. The molecule has 0 aliphatic carbocycles. The fourth-order valence-corrected chi connectivity index (χ4v) is 4.09. The number of rotatable bonds is 5. The summed E-state index contributed by atoms with van der Waals surface area (Å²) in [5.41, 5.74) is 3.08. The summed E-state index contributed by atoms with van der Waals surface area (Å²) in [7, 11) is 0. The van der Waals surface area contributed by atoms with Crippen LogP contribution in [0.2, 0.25) is 0 Å². The first-order valence-electron chi connectivity index (χ1n) is 10.0. The van der Waals surface area contributed by atoms with Crippen molar-refractivity contribution in [3.8, 4) is 0 Å². The first-order chi connectivity index (χ1) is 13.7. The molecule has 146 valence electrons. The van der Waals surface area contributed by atoms with Crippen LogP contribution < -0.4 is 4.90 Å². The number of benzene rings is 2. The number of aromatic nitrogens is 1. The molecule has 0 saturated carbocycles. The van der Waals surface area contributed by atoms with Gasteiger partial charge in [-0.3, -0.25) is 4.79 Å². The third-order valence-corrected chi connectivity index (χ3v) is 5.68. The highest BCUT2D eigenvalue weighted by molar-refractivity contribution is 5.84. The lowest BCUT2D eigenvalue weighted by atomic mass is 10.0. The maximum absolute atomic E-state index is 14.0. The highest BCUT2D eigenvalue weighted by Gasteiger charge is 2.22. The molecule has 1 saturated heterocycles. The molecule has 1 fully saturated rings. The zero-order valence-corrected chi connectivity index (χ0v) is 16.3. The van der Waals surface area contributed by atoms with Crippen LogP contribution in [0.15, 0.2) is 54.7 Å². The maximum atomic E-state index is 14.0. The average Bonchev–Trinajstić information content (AvgIpc) is 3.16. The molecule has 0 spiro atoms. The predicted octanol–water partition coefficient (Wildman–Crippen LogP) is 4.08. The van der Waals surface area contributed by atoms with Crippen LogP contribution in [-0.4, -0.2) is 41.6 Å². The summed E-state index contributed by atoms with van der Waals surface area (Å²) in [5.74, 6) is -0.0190. The van der Waals surface area contributed by atoms with Gasteiger partial charge in [0.25, 0.3) is 0 Å². The van der Waals surface area contributed by atoms with Gasteiger partial charge in [0.15, 0.2) is 0 Å². The van der Waals surface area contributed by atoms with E-state index in [2.05, 4.69) is 42.0 Å². The lowest BCUT2D eigenvalue weighted by molar-refractivity contribution is -0.131. The zero-order valence-electron chi connectivity index (χ0n) is 16.3. The van der Waals surface area contributed by atoms with E-state index >= 15 is 0 Å². The number of nitrogens with zero attached hydrogens (tertiary/aromatic N) is 3. The fourth-order valence-electron chi connectivity index (χ4n) is 4.09. The van der Waals surface area contributed by atoms with Crippen LogP contribution in [0.25, 0.3) is 10.9 Å². The number of carbonyl (C=O) groups excluding carboxylic acids is 1. The minimum atomic E-state index is -0.200. The van der Waals surface area contributed by atoms with Crippen LogP contribution >= 0.6 is 0 Å². The van der Waals surface area contributed by atoms with Crippen LogP contribution in [0.1, 0.15) is 18.9 Å². The lowest BCUT2D eigenvalue weighted by Crippen LogP contribution is -2.49. The number of amides is 1. The molecular formula is C23H26FN3O. The van der Waals surface area contributed by atoms with Gasteiger partial charge in [-0.15, -0.1) is 0 Å². The maximum Gasteiger partial charge on any atom is 0.223 e. The van der Waals surface area contributed by atoms with E-state index in [0.29, 0.717) is 38.3 Å². The van der Waals surface area contributed by atoms with Crippen molar-refractivity contribution in [1.82, 2.24) is 9.47 Å². The first kappa shape index (κ1) is 18.5. The summed E-state index contributed by atoms with van der Waals surface area (Å²) >= 11 is 0. The summed E-state index contributed by atoms with van der Waals surface area (Å²) in [6, 6.07) is 15.3. The van der Waals surface area contributed by atoms with E-state index in [0.717, 1.165) is 13.0 Å². The topological polar surface area (TPSA) is 28.5 Å². The monoisotopic (exact) mass is 379 g/mol. The number of carbonyl (C=O) groups is 1. The number of anilines is 1. The second kappa shape index (κ2) is 8.05. The zero-order chi connectivity index (χ0) is 19.5. The Morgan fingerprint density at radius 1 is 1.00 bits per heavy atom. The van der Waals surface area contributed by atoms with Gasteiger partial charge in [-0.1, -0.05) is 24.3 Å². The van der Waals surface area contributed by atoms with E-state index in [9.17, 15) is 9.18 Å². The smallest absolute Gasteiger partial charge is 0.223 e. The lowest BCUT2D eigenvalue weighted by Gasteiger charge is -2.36. The number of hydrogen-bond donors (Lipinski definition) is 0. The van der Waals surface area contributed by atoms with Crippen LogP contribution in [0.4, 0.5) is 10.1 Å². The van der Waals surface area contributed by atoms with Crippen LogP contribution in [0.3, 0.4) is 0 Å². The highest BCUT2D eigenvalue weighted by atomic mass is 19.1. The van der Waals surface area contributed by atoms with Crippen LogP contribution in [-0.2, 0) is 17.8 Å². The van der Waals surface area contributed by atoms with Crippen molar-refractivity contribution in [2.45, 2.75) is 26.3 Å². The SMILES string of the molecule is CCn1ccc2c(CCC(=O)N3CCN(c4ccccc4F)CC3)cccc21. The Balaban J connectivity index is 1.35. The predicted molar refractivity (Wildman–Crippen MR) is 111 cm³/mol. The molecule has 3 aromatic rings. The number of aryl methyl sites for hydroxylation is 2. The molecule has 5 heteroatoms. The van der Waals surface area contributed by atoms with Gasteiger partial charge in [0.1, 0.15) is 5.82 Å². The van der Waals surface area contributed by atoms with E-state index < -0.39 is 0 Å². The molecular weight excluding hydrogens is 353 g/mol. The summed E-state index contributed by atoms with van der Waals surface area (Å²) in [5, 5.41) is 1.24. The summed E-state index contributed by atoms with van der Waals surface area (Å²) in [4.78, 5) is 16.6. The molecule has 1 amide bonds. The minimum absolute atomic E-state index is 0.181. The third kappa shape index (κ3) is 3.61. The Hall–Kier alpha value is -2.82. The van der Waals surface area contributed by atoms with Gasteiger partial charge in [-0.05, 0) is 43.2 Å². The molecule has 0 atom stereocenters. The molecule has 2 heterocycles. The van der Waals surface area contributed by atoms with Gasteiger partial charge < -0.3 is 14.4 Å². The van der Waals surface area contributed by atoms with Crippen molar-refractivity contribution in [3.63, 3.8) is 0 Å². The average molecular weight is 379 g/mol.